The Morgan fingerprint density at radius 2 is 1.74 bits per heavy atom. The van der Waals surface area contributed by atoms with Crippen LogP contribution in [0.25, 0.3) is 0 Å². The summed E-state index contributed by atoms with van der Waals surface area (Å²) in [6.45, 7) is 0. The molecule has 3 rings (SSSR count). The highest BCUT2D eigenvalue weighted by molar-refractivity contribution is 8.01. The van der Waals surface area contributed by atoms with Crippen molar-refractivity contribution in [2.45, 2.75) is 9.79 Å². The molecule has 0 aliphatic rings. The van der Waals surface area contributed by atoms with Gasteiger partial charge in [0.25, 0.3) is 0 Å². The molecule has 0 amide bonds. The van der Waals surface area contributed by atoms with E-state index < -0.39 is 10.8 Å². The molecule has 0 fully saturated rings. The van der Waals surface area contributed by atoms with Gasteiger partial charge in [-0.1, -0.05) is 30.3 Å². The van der Waals surface area contributed by atoms with Crippen LogP contribution in [0, 0.1) is 0 Å². The lowest BCUT2D eigenvalue weighted by Crippen LogP contribution is -2.15. The number of anilines is 2. The lowest BCUT2D eigenvalue weighted by atomic mass is 10.1. The van der Waals surface area contributed by atoms with Crippen LogP contribution in [0.3, 0.4) is 0 Å². The van der Waals surface area contributed by atoms with E-state index in [4.69, 9.17) is 11.5 Å². The zero-order valence-corrected chi connectivity index (χ0v) is 16.4. The number of amidine groups is 1. The molecule has 138 valence electrons. The minimum Gasteiger partial charge on any atom is -0.398 e. The van der Waals surface area contributed by atoms with Crippen LogP contribution in [0.1, 0.15) is 5.56 Å². The molecule has 5 nitrogen and oxygen atoms in total. The summed E-state index contributed by atoms with van der Waals surface area (Å²) in [6.07, 6.45) is 1.67. The number of nitrogens with two attached hydrogens (primary N) is 2. The van der Waals surface area contributed by atoms with E-state index in [0.29, 0.717) is 17.1 Å². The van der Waals surface area contributed by atoms with E-state index in [0.717, 1.165) is 21.2 Å². The molecular weight excluding hydrogens is 376 g/mol. The van der Waals surface area contributed by atoms with E-state index in [2.05, 4.69) is 9.71 Å². The molecule has 5 N–H and O–H groups in total. The first-order chi connectivity index (χ1) is 13.0. The molecule has 3 aromatic carbocycles. The molecule has 0 saturated heterocycles. The zero-order chi connectivity index (χ0) is 19.2. The quantitative estimate of drug-likeness (QED) is 0.252. The van der Waals surface area contributed by atoms with Gasteiger partial charge in [-0.05, 0) is 54.4 Å². The lowest BCUT2D eigenvalue weighted by Gasteiger charge is -2.11. The van der Waals surface area contributed by atoms with Gasteiger partial charge in [-0.2, -0.15) is 0 Å². The lowest BCUT2D eigenvalue weighted by molar-refractivity contribution is 0.685. The van der Waals surface area contributed by atoms with Crippen molar-refractivity contribution in [2.24, 2.45) is 10.7 Å². The molecule has 0 radical (unpaired) electrons. The highest BCUT2D eigenvalue weighted by atomic mass is 32.2. The maximum atomic E-state index is 11.9. The number of nitrogens with one attached hydrogen (secondary N) is 1. The highest BCUT2D eigenvalue weighted by Gasteiger charge is 2.09. The first-order valence-electron chi connectivity index (χ1n) is 8.19. The predicted octanol–water partition coefficient (Wildman–Crippen LogP) is 4.16. The molecule has 0 bridgehead atoms. The number of para-hydroxylation sites is 1. The van der Waals surface area contributed by atoms with Gasteiger partial charge in [0.05, 0.1) is 21.4 Å². The Morgan fingerprint density at radius 3 is 2.48 bits per heavy atom. The van der Waals surface area contributed by atoms with Crippen LogP contribution in [-0.4, -0.2) is 16.3 Å². The fourth-order valence-electron chi connectivity index (χ4n) is 2.43. The van der Waals surface area contributed by atoms with Gasteiger partial charge in [0.15, 0.2) is 0 Å². The SMILES string of the molecule is CS(=O)c1ccccc1SNc1ccc(N)c(C(N)=Nc2ccccc2)c1. The van der Waals surface area contributed by atoms with E-state index >= 15 is 0 Å². The maximum absolute atomic E-state index is 11.9. The summed E-state index contributed by atoms with van der Waals surface area (Å²) in [4.78, 5) is 6.12. The first-order valence-corrected chi connectivity index (χ1v) is 10.6. The predicted molar refractivity (Wildman–Crippen MR) is 116 cm³/mol. The van der Waals surface area contributed by atoms with Crippen molar-refractivity contribution in [1.29, 1.82) is 0 Å². The summed E-state index contributed by atoms with van der Waals surface area (Å²) in [5.74, 6) is 0.349. The third-order valence-electron chi connectivity index (χ3n) is 3.77. The molecule has 1 unspecified atom stereocenters. The average molecular weight is 397 g/mol. The van der Waals surface area contributed by atoms with Gasteiger partial charge in [-0.15, -0.1) is 0 Å². The van der Waals surface area contributed by atoms with Crippen LogP contribution in [-0.2, 0) is 10.8 Å². The van der Waals surface area contributed by atoms with E-state index in [-0.39, 0.29) is 0 Å². The maximum Gasteiger partial charge on any atom is 0.133 e. The summed E-state index contributed by atoms with van der Waals surface area (Å²) in [5.41, 5.74) is 15.1. The van der Waals surface area contributed by atoms with Crippen LogP contribution in [0.15, 0.2) is 87.6 Å². The minimum absolute atomic E-state index is 0.349. The number of nitrogens with zero attached hydrogens (tertiary/aromatic N) is 1. The normalized spacial score (nSPS) is 12.6. The number of nitrogen functional groups attached to an aromatic ring is 1. The average Bonchev–Trinajstić information content (AvgIpc) is 2.68. The molecule has 0 spiro atoms. The Hall–Kier alpha value is -2.77. The summed E-state index contributed by atoms with van der Waals surface area (Å²) in [6, 6.07) is 22.6. The van der Waals surface area contributed by atoms with E-state index in [1.807, 2.05) is 66.7 Å². The monoisotopic (exact) mass is 396 g/mol. The summed E-state index contributed by atoms with van der Waals surface area (Å²) >= 11 is 1.39. The second-order valence-corrected chi connectivity index (χ2v) is 7.94. The topological polar surface area (TPSA) is 93.5 Å². The number of benzene rings is 3. The molecule has 1 atom stereocenters. The molecule has 3 aromatic rings. The number of rotatable bonds is 6. The Labute approximate surface area is 165 Å². The molecule has 0 aliphatic carbocycles. The Balaban J connectivity index is 1.82. The van der Waals surface area contributed by atoms with Crippen molar-refractivity contribution in [3.63, 3.8) is 0 Å². The van der Waals surface area contributed by atoms with Gasteiger partial charge in [-0.25, -0.2) is 4.99 Å². The first kappa shape index (κ1) is 19.0. The third kappa shape index (κ3) is 4.90. The van der Waals surface area contributed by atoms with Gasteiger partial charge in [0.1, 0.15) is 5.84 Å². The van der Waals surface area contributed by atoms with Gasteiger partial charge < -0.3 is 16.2 Å². The van der Waals surface area contributed by atoms with Crippen molar-refractivity contribution in [2.75, 3.05) is 16.7 Å². The van der Waals surface area contributed by atoms with Gasteiger partial charge in [0.2, 0.25) is 0 Å². The van der Waals surface area contributed by atoms with E-state index in [1.165, 1.54) is 11.9 Å². The second kappa shape index (κ2) is 8.75. The summed E-state index contributed by atoms with van der Waals surface area (Å²) < 4.78 is 15.1. The molecule has 0 aliphatic heterocycles. The van der Waals surface area contributed by atoms with E-state index in [1.54, 1.807) is 12.3 Å². The molecular formula is C20H20N4OS2. The van der Waals surface area contributed by atoms with Gasteiger partial charge in [-0.3, -0.25) is 4.21 Å². The van der Waals surface area contributed by atoms with E-state index in [9.17, 15) is 4.21 Å². The largest absolute Gasteiger partial charge is 0.398 e. The third-order valence-corrected chi connectivity index (χ3v) is 5.79. The molecule has 0 aromatic heterocycles. The van der Waals surface area contributed by atoms with Crippen LogP contribution in [0.2, 0.25) is 0 Å². The second-order valence-electron chi connectivity index (χ2n) is 5.74. The number of aliphatic imine (C=N–C) groups is 1. The highest BCUT2D eigenvalue weighted by Crippen LogP contribution is 2.28. The van der Waals surface area contributed by atoms with Crippen molar-refractivity contribution < 1.29 is 4.21 Å². The number of hydrogen-bond donors (Lipinski definition) is 3. The Bertz CT molecular complexity index is 990. The summed E-state index contributed by atoms with van der Waals surface area (Å²) in [7, 11) is -1.06. The minimum atomic E-state index is -1.06. The standard InChI is InChI=1S/C20H20N4OS2/c1-27(25)19-10-6-5-9-18(19)26-24-15-11-12-17(21)16(13-15)20(22)23-14-7-3-2-4-8-14/h2-13,24H,21H2,1H3,(H2,22,23). The zero-order valence-electron chi connectivity index (χ0n) is 14.8. The Morgan fingerprint density at radius 1 is 1.04 bits per heavy atom. The van der Waals surface area contributed by atoms with Crippen LogP contribution < -0.4 is 16.2 Å². The van der Waals surface area contributed by atoms with Crippen LogP contribution >= 0.6 is 11.9 Å². The number of hydrogen-bond acceptors (Lipinski definition) is 5. The Kier molecular flexibility index (Phi) is 6.16. The molecule has 0 heterocycles. The van der Waals surface area contributed by atoms with Crippen molar-refractivity contribution in [1.82, 2.24) is 0 Å². The molecule has 0 saturated carbocycles. The van der Waals surface area contributed by atoms with Crippen molar-refractivity contribution >= 4 is 45.6 Å². The van der Waals surface area contributed by atoms with Gasteiger partial charge in [0, 0.05) is 28.1 Å². The van der Waals surface area contributed by atoms with Crippen LogP contribution in [0.5, 0.6) is 0 Å². The molecule has 27 heavy (non-hydrogen) atoms. The van der Waals surface area contributed by atoms with Gasteiger partial charge >= 0.3 is 0 Å². The van der Waals surface area contributed by atoms with Crippen molar-refractivity contribution in [3.8, 4) is 0 Å². The van der Waals surface area contributed by atoms with Crippen molar-refractivity contribution in [3.05, 3.63) is 78.4 Å². The fourth-order valence-corrected chi connectivity index (χ4v) is 4.20. The van der Waals surface area contributed by atoms with Crippen LogP contribution in [0.4, 0.5) is 17.1 Å². The fraction of sp³-hybridized carbons (Fsp3) is 0.0500. The smallest absolute Gasteiger partial charge is 0.133 e. The molecule has 7 heteroatoms. The summed E-state index contributed by atoms with van der Waals surface area (Å²) in [5, 5.41) is 0.